The van der Waals surface area contributed by atoms with Crippen molar-refractivity contribution in [2.75, 3.05) is 0 Å². The van der Waals surface area contributed by atoms with Crippen LogP contribution < -0.4 is 5.73 Å². The third-order valence-electron chi connectivity index (χ3n) is 2.96. The van der Waals surface area contributed by atoms with Crippen molar-refractivity contribution in [3.8, 4) is 11.4 Å². The summed E-state index contributed by atoms with van der Waals surface area (Å²) < 4.78 is 5.28. The SMILES string of the molecule is NC1C=CC(c2nc(-c3cccc(Cl)c3)no2)C1. The minimum Gasteiger partial charge on any atom is -0.338 e. The molecule has 92 valence electrons. The van der Waals surface area contributed by atoms with Gasteiger partial charge in [0, 0.05) is 16.6 Å². The molecule has 0 radical (unpaired) electrons. The van der Waals surface area contributed by atoms with Gasteiger partial charge in [-0.3, -0.25) is 0 Å². The summed E-state index contributed by atoms with van der Waals surface area (Å²) in [7, 11) is 0. The molecule has 0 amide bonds. The Kier molecular flexibility index (Phi) is 2.89. The highest BCUT2D eigenvalue weighted by Crippen LogP contribution is 2.28. The maximum absolute atomic E-state index is 5.93. The summed E-state index contributed by atoms with van der Waals surface area (Å²) in [6.45, 7) is 0. The third kappa shape index (κ3) is 2.17. The van der Waals surface area contributed by atoms with E-state index in [0.717, 1.165) is 12.0 Å². The first-order valence-corrected chi connectivity index (χ1v) is 6.13. The number of halogens is 1. The summed E-state index contributed by atoms with van der Waals surface area (Å²) >= 11 is 5.93. The summed E-state index contributed by atoms with van der Waals surface area (Å²) in [5.41, 5.74) is 6.66. The van der Waals surface area contributed by atoms with Crippen molar-refractivity contribution >= 4 is 11.6 Å². The lowest BCUT2D eigenvalue weighted by molar-refractivity contribution is 0.365. The number of hydrogen-bond donors (Lipinski definition) is 1. The first-order chi connectivity index (χ1) is 8.72. The van der Waals surface area contributed by atoms with Crippen LogP contribution in [-0.4, -0.2) is 16.2 Å². The smallest absolute Gasteiger partial charge is 0.233 e. The molecule has 0 bridgehead atoms. The number of rotatable bonds is 2. The van der Waals surface area contributed by atoms with Crippen molar-refractivity contribution in [1.29, 1.82) is 0 Å². The van der Waals surface area contributed by atoms with Gasteiger partial charge in [0.05, 0.1) is 5.92 Å². The van der Waals surface area contributed by atoms with Crippen LogP contribution >= 0.6 is 11.6 Å². The van der Waals surface area contributed by atoms with Crippen molar-refractivity contribution in [1.82, 2.24) is 10.1 Å². The fraction of sp³-hybridized carbons (Fsp3) is 0.231. The summed E-state index contributed by atoms with van der Waals surface area (Å²) in [4.78, 5) is 4.39. The standard InChI is InChI=1S/C13H12ClN3O/c14-10-3-1-2-8(6-10)12-16-13(18-17-12)9-4-5-11(15)7-9/h1-6,9,11H,7,15H2. The molecule has 0 spiro atoms. The maximum atomic E-state index is 5.93. The van der Waals surface area contributed by atoms with E-state index < -0.39 is 0 Å². The lowest BCUT2D eigenvalue weighted by Crippen LogP contribution is -2.14. The molecule has 0 aliphatic heterocycles. The maximum Gasteiger partial charge on any atom is 0.233 e. The van der Waals surface area contributed by atoms with E-state index in [1.54, 1.807) is 0 Å². The molecule has 1 heterocycles. The minimum atomic E-state index is 0.0801. The Morgan fingerprint density at radius 3 is 2.94 bits per heavy atom. The summed E-state index contributed by atoms with van der Waals surface area (Å²) in [5, 5.41) is 4.63. The number of hydrogen-bond acceptors (Lipinski definition) is 4. The zero-order valence-corrected chi connectivity index (χ0v) is 10.3. The van der Waals surface area contributed by atoms with Gasteiger partial charge in [0.25, 0.3) is 0 Å². The van der Waals surface area contributed by atoms with E-state index in [1.165, 1.54) is 0 Å². The van der Waals surface area contributed by atoms with Gasteiger partial charge in [-0.1, -0.05) is 41.0 Å². The molecule has 2 atom stereocenters. The zero-order valence-electron chi connectivity index (χ0n) is 9.58. The number of aromatic nitrogens is 2. The lowest BCUT2D eigenvalue weighted by Gasteiger charge is -2.01. The van der Waals surface area contributed by atoms with E-state index in [1.807, 2.05) is 36.4 Å². The number of nitrogens with two attached hydrogens (primary N) is 1. The fourth-order valence-electron chi connectivity index (χ4n) is 2.04. The Morgan fingerprint density at radius 2 is 2.22 bits per heavy atom. The average molecular weight is 262 g/mol. The molecule has 1 aromatic heterocycles. The monoisotopic (exact) mass is 261 g/mol. The average Bonchev–Trinajstić information content (AvgIpc) is 2.97. The van der Waals surface area contributed by atoms with Gasteiger partial charge in [-0.15, -0.1) is 0 Å². The molecule has 1 aliphatic rings. The van der Waals surface area contributed by atoms with E-state index in [0.29, 0.717) is 16.7 Å². The van der Waals surface area contributed by atoms with Crippen molar-refractivity contribution in [3.63, 3.8) is 0 Å². The number of allylic oxidation sites excluding steroid dienone is 1. The van der Waals surface area contributed by atoms with Crippen molar-refractivity contribution in [2.24, 2.45) is 5.73 Å². The second-order valence-electron chi connectivity index (χ2n) is 4.36. The third-order valence-corrected chi connectivity index (χ3v) is 3.19. The zero-order chi connectivity index (χ0) is 12.5. The first kappa shape index (κ1) is 11.4. The van der Waals surface area contributed by atoms with E-state index in [9.17, 15) is 0 Å². The van der Waals surface area contributed by atoms with Crippen molar-refractivity contribution in [3.05, 3.63) is 47.3 Å². The predicted molar refractivity (Wildman–Crippen MR) is 69.2 cm³/mol. The first-order valence-electron chi connectivity index (χ1n) is 5.76. The van der Waals surface area contributed by atoms with Gasteiger partial charge in [0.2, 0.25) is 11.7 Å². The van der Waals surface area contributed by atoms with E-state index in [2.05, 4.69) is 10.1 Å². The van der Waals surface area contributed by atoms with Crippen molar-refractivity contribution in [2.45, 2.75) is 18.4 Å². The Bertz CT molecular complexity index is 593. The highest BCUT2D eigenvalue weighted by Gasteiger charge is 2.23. The Hall–Kier alpha value is -1.65. The fourth-order valence-corrected chi connectivity index (χ4v) is 2.23. The Labute approximate surface area is 109 Å². The Balaban J connectivity index is 1.88. The topological polar surface area (TPSA) is 64.9 Å². The second-order valence-corrected chi connectivity index (χ2v) is 4.79. The summed E-state index contributed by atoms with van der Waals surface area (Å²) in [6.07, 6.45) is 4.80. The van der Waals surface area contributed by atoms with E-state index >= 15 is 0 Å². The molecule has 4 nitrogen and oxygen atoms in total. The van der Waals surface area contributed by atoms with Crippen LogP contribution in [0.15, 0.2) is 40.9 Å². The largest absolute Gasteiger partial charge is 0.338 e. The molecule has 18 heavy (non-hydrogen) atoms. The molecule has 0 fully saturated rings. The van der Waals surface area contributed by atoms with Crippen LogP contribution in [0.5, 0.6) is 0 Å². The molecule has 1 aromatic carbocycles. The molecule has 2 unspecified atom stereocenters. The molecule has 2 aromatic rings. The molecule has 3 rings (SSSR count). The van der Waals surface area contributed by atoms with Gasteiger partial charge in [0.1, 0.15) is 0 Å². The van der Waals surface area contributed by atoms with E-state index in [-0.39, 0.29) is 12.0 Å². The van der Waals surface area contributed by atoms with Gasteiger partial charge in [-0.2, -0.15) is 4.98 Å². The molecule has 5 heteroatoms. The van der Waals surface area contributed by atoms with Crippen LogP contribution in [0.2, 0.25) is 5.02 Å². The highest BCUT2D eigenvalue weighted by atomic mass is 35.5. The quantitative estimate of drug-likeness (QED) is 0.845. The molecular formula is C13H12ClN3O. The minimum absolute atomic E-state index is 0.0801. The van der Waals surface area contributed by atoms with Crippen LogP contribution in [0.4, 0.5) is 0 Å². The van der Waals surface area contributed by atoms with Crippen LogP contribution in [0.1, 0.15) is 18.2 Å². The van der Waals surface area contributed by atoms with Crippen LogP contribution in [-0.2, 0) is 0 Å². The van der Waals surface area contributed by atoms with Gasteiger partial charge in [0.15, 0.2) is 0 Å². The van der Waals surface area contributed by atoms with E-state index in [4.69, 9.17) is 21.9 Å². The molecule has 1 aliphatic carbocycles. The molecular weight excluding hydrogens is 250 g/mol. The van der Waals surface area contributed by atoms with Gasteiger partial charge in [-0.05, 0) is 18.6 Å². The normalized spacial score (nSPS) is 22.6. The van der Waals surface area contributed by atoms with Crippen LogP contribution in [0.25, 0.3) is 11.4 Å². The summed E-state index contributed by atoms with van der Waals surface area (Å²) in [6, 6.07) is 7.46. The highest BCUT2D eigenvalue weighted by molar-refractivity contribution is 6.30. The Morgan fingerprint density at radius 1 is 1.33 bits per heavy atom. The number of benzene rings is 1. The predicted octanol–water partition coefficient (Wildman–Crippen LogP) is 2.76. The molecule has 0 saturated heterocycles. The van der Waals surface area contributed by atoms with Crippen LogP contribution in [0, 0.1) is 0 Å². The lowest BCUT2D eigenvalue weighted by atomic mass is 10.1. The van der Waals surface area contributed by atoms with Gasteiger partial charge in [-0.25, -0.2) is 0 Å². The molecule has 2 N–H and O–H groups in total. The van der Waals surface area contributed by atoms with Crippen LogP contribution in [0.3, 0.4) is 0 Å². The van der Waals surface area contributed by atoms with Gasteiger partial charge < -0.3 is 10.3 Å². The second kappa shape index (κ2) is 4.55. The molecule has 0 saturated carbocycles. The number of nitrogens with zero attached hydrogens (tertiary/aromatic N) is 2. The van der Waals surface area contributed by atoms with Gasteiger partial charge >= 0.3 is 0 Å². The van der Waals surface area contributed by atoms with Crippen molar-refractivity contribution < 1.29 is 4.52 Å². The summed E-state index contributed by atoms with van der Waals surface area (Å²) in [5.74, 6) is 1.29.